The number of nitriles is 1. The van der Waals surface area contributed by atoms with Crippen molar-refractivity contribution in [3.8, 4) is 23.3 Å². The zero-order valence-electron chi connectivity index (χ0n) is 14.8. The molecule has 0 saturated carbocycles. The Balaban J connectivity index is 1.65. The van der Waals surface area contributed by atoms with E-state index in [1.807, 2.05) is 42.5 Å². The molecule has 0 bridgehead atoms. The van der Waals surface area contributed by atoms with Gasteiger partial charge < -0.3 is 14.8 Å². The number of anilines is 1. The van der Waals surface area contributed by atoms with Crippen molar-refractivity contribution >= 4 is 11.6 Å². The monoisotopic (exact) mass is 358 g/mol. The van der Waals surface area contributed by atoms with Crippen LogP contribution in [-0.2, 0) is 4.79 Å². The third-order valence-corrected chi connectivity index (χ3v) is 3.76. The number of carbonyl (C=O) groups excluding carboxylic acids is 1. The Kier molecular flexibility index (Phi) is 5.70. The van der Waals surface area contributed by atoms with E-state index in [1.54, 1.807) is 49.4 Å². The van der Waals surface area contributed by atoms with E-state index in [1.165, 1.54) is 0 Å². The number of hydrogen-bond donors (Lipinski definition) is 1. The molecule has 1 amide bonds. The maximum absolute atomic E-state index is 12.4. The summed E-state index contributed by atoms with van der Waals surface area (Å²) >= 11 is 0. The Morgan fingerprint density at radius 2 is 1.67 bits per heavy atom. The van der Waals surface area contributed by atoms with Gasteiger partial charge in [-0.15, -0.1) is 0 Å². The van der Waals surface area contributed by atoms with Crippen LogP contribution < -0.4 is 14.8 Å². The minimum absolute atomic E-state index is 0.320. The van der Waals surface area contributed by atoms with Gasteiger partial charge in [0.15, 0.2) is 6.10 Å². The molecule has 3 rings (SSSR count). The second-order valence-corrected chi connectivity index (χ2v) is 5.80. The lowest BCUT2D eigenvalue weighted by Crippen LogP contribution is -2.30. The van der Waals surface area contributed by atoms with Crippen LogP contribution in [-0.4, -0.2) is 12.0 Å². The zero-order valence-corrected chi connectivity index (χ0v) is 14.8. The third-order valence-electron chi connectivity index (χ3n) is 3.76. The molecule has 0 aliphatic carbocycles. The van der Waals surface area contributed by atoms with Gasteiger partial charge in [-0.1, -0.05) is 36.4 Å². The summed E-state index contributed by atoms with van der Waals surface area (Å²) in [4.78, 5) is 12.4. The molecule has 1 N–H and O–H groups in total. The van der Waals surface area contributed by atoms with Crippen LogP contribution in [0.3, 0.4) is 0 Å². The highest BCUT2D eigenvalue weighted by atomic mass is 16.5. The second-order valence-electron chi connectivity index (χ2n) is 5.80. The van der Waals surface area contributed by atoms with Crippen molar-refractivity contribution < 1.29 is 14.3 Å². The summed E-state index contributed by atoms with van der Waals surface area (Å²) in [5, 5.41) is 11.9. The Morgan fingerprint density at radius 3 is 2.44 bits per heavy atom. The molecule has 1 unspecified atom stereocenters. The molecular formula is C22H18N2O3. The maximum atomic E-state index is 12.4. The molecule has 1 atom stereocenters. The molecule has 0 fully saturated rings. The van der Waals surface area contributed by atoms with E-state index in [4.69, 9.17) is 14.7 Å². The van der Waals surface area contributed by atoms with E-state index >= 15 is 0 Å². The fraction of sp³-hybridized carbons (Fsp3) is 0.0909. The highest BCUT2D eigenvalue weighted by Crippen LogP contribution is 2.24. The maximum Gasteiger partial charge on any atom is 0.265 e. The normalized spacial score (nSPS) is 11.1. The van der Waals surface area contributed by atoms with Crippen LogP contribution in [0.25, 0.3) is 0 Å². The van der Waals surface area contributed by atoms with Gasteiger partial charge in [0.25, 0.3) is 5.91 Å². The molecule has 0 aromatic heterocycles. The lowest BCUT2D eigenvalue weighted by molar-refractivity contribution is -0.122. The zero-order chi connectivity index (χ0) is 19.1. The summed E-state index contributed by atoms with van der Waals surface area (Å²) in [7, 11) is 0. The predicted molar refractivity (Wildman–Crippen MR) is 103 cm³/mol. The number of hydrogen-bond acceptors (Lipinski definition) is 4. The van der Waals surface area contributed by atoms with Crippen LogP contribution >= 0.6 is 0 Å². The highest BCUT2D eigenvalue weighted by Gasteiger charge is 2.16. The largest absolute Gasteiger partial charge is 0.480 e. The van der Waals surface area contributed by atoms with E-state index in [-0.39, 0.29) is 5.91 Å². The highest BCUT2D eigenvalue weighted by molar-refractivity contribution is 5.94. The van der Waals surface area contributed by atoms with Gasteiger partial charge >= 0.3 is 0 Å². The smallest absolute Gasteiger partial charge is 0.265 e. The number of para-hydroxylation sites is 2. The molecular weight excluding hydrogens is 340 g/mol. The van der Waals surface area contributed by atoms with Crippen molar-refractivity contribution in [2.45, 2.75) is 13.0 Å². The van der Waals surface area contributed by atoms with Crippen molar-refractivity contribution in [3.63, 3.8) is 0 Å². The molecule has 0 heterocycles. The Hall–Kier alpha value is -3.78. The summed E-state index contributed by atoms with van der Waals surface area (Å²) in [6.45, 7) is 1.63. The summed E-state index contributed by atoms with van der Waals surface area (Å²) < 4.78 is 11.4. The van der Waals surface area contributed by atoms with Crippen LogP contribution in [0.15, 0.2) is 78.9 Å². The minimum atomic E-state index is -0.766. The van der Waals surface area contributed by atoms with E-state index < -0.39 is 6.10 Å². The molecule has 0 aliphatic rings. The van der Waals surface area contributed by atoms with E-state index in [9.17, 15) is 4.79 Å². The molecule has 0 radical (unpaired) electrons. The molecule has 27 heavy (non-hydrogen) atoms. The van der Waals surface area contributed by atoms with E-state index in [0.29, 0.717) is 28.5 Å². The molecule has 3 aromatic rings. The number of nitrogens with zero attached hydrogens (tertiary/aromatic N) is 1. The molecule has 0 aliphatic heterocycles. The first-order chi connectivity index (χ1) is 13.2. The van der Waals surface area contributed by atoms with Gasteiger partial charge in [-0.2, -0.15) is 5.26 Å². The first kappa shape index (κ1) is 18.0. The Bertz CT molecular complexity index is 965. The molecule has 134 valence electrons. The Morgan fingerprint density at radius 1 is 0.963 bits per heavy atom. The number of rotatable bonds is 6. The van der Waals surface area contributed by atoms with Crippen molar-refractivity contribution in [1.29, 1.82) is 5.26 Å². The van der Waals surface area contributed by atoms with Crippen molar-refractivity contribution in [3.05, 3.63) is 84.4 Å². The summed E-state index contributed by atoms with van der Waals surface area (Å²) in [5.74, 6) is 1.39. The average Bonchev–Trinajstić information content (AvgIpc) is 2.69. The fourth-order valence-electron chi connectivity index (χ4n) is 2.41. The number of carbonyl (C=O) groups is 1. The van der Waals surface area contributed by atoms with Gasteiger partial charge in [-0.05, 0) is 43.3 Å². The van der Waals surface area contributed by atoms with Gasteiger partial charge in [0.05, 0.1) is 5.56 Å². The summed E-state index contributed by atoms with van der Waals surface area (Å²) in [6, 6.07) is 25.4. The first-order valence-corrected chi connectivity index (χ1v) is 8.45. The quantitative estimate of drug-likeness (QED) is 0.690. The van der Waals surface area contributed by atoms with Crippen molar-refractivity contribution in [2.75, 3.05) is 5.32 Å². The Labute approximate surface area is 157 Å². The van der Waals surface area contributed by atoms with Gasteiger partial charge in [0, 0.05) is 11.8 Å². The van der Waals surface area contributed by atoms with Crippen LogP contribution in [0.2, 0.25) is 0 Å². The van der Waals surface area contributed by atoms with Crippen molar-refractivity contribution in [2.24, 2.45) is 0 Å². The molecule has 5 heteroatoms. The molecule has 0 spiro atoms. The number of amides is 1. The molecule has 3 aromatic carbocycles. The molecule has 0 saturated heterocycles. The van der Waals surface area contributed by atoms with Gasteiger partial charge in [-0.25, -0.2) is 0 Å². The van der Waals surface area contributed by atoms with E-state index in [2.05, 4.69) is 5.32 Å². The average molecular weight is 358 g/mol. The number of nitrogens with one attached hydrogen (secondary N) is 1. The lowest BCUT2D eigenvalue weighted by atomic mass is 10.2. The number of ether oxygens (including phenoxy) is 2. The second kappa shape index (κ2) is 8.54. The van der Waals surface area contributed by atoms with E-state index in [0.717, 1.165) is 0 Å². The van der Waals surface area contributed by atoms with Gasteiger partial charge in [-0.3, -0.25) is 4.79 Å². The first-order valence-electron chi connectivity index (χ1n) is 8.45. The van der Waals surface area contributed by atoms with Gasteiger partial charge in [0.1, 0.15) is 23.3 Å². The predicted octanol–water partition coefficient (Wildman–Crippen LogP) is 4.76. The van der Waals surface area contributed by atoms with Crippen molar-refractivity contribution in [1.82, 2.24) is 0 Å². The standard InChI is InChI=1S/C22H18N2O3/c1-16(26-21-13-6-5-8-17(21)15-23)22(25)24-18-9-7-12-20(14-18)27-19-10-3-2-4-11-19/h2-14,16H,1H3,(H,24,25). The lowest BCUT2D eigenvalue weighted by Gasteiger charge is -2.16. The molecule has 5 nitrogen and oxygen atoms in total. The fourth-order valence-corrected chi connectivity index (χ4v) is 2.41. The van der Waals surface area contributed by atoms with Crippen LogP contribution in [0, 0.1) is 11.3 Å². The third kappa shape index (κ3) is 4.86. The summed E-state index contributed by atoms with van der Waals surface area (Å²) in [5.41, 5.74) is 0.979. The van der Waals surface area contributed by atoms with Crippen LogP contribution in [0.1, 0.15) is 12.5 Å². The SMILES string of the molecule is CC(Oc1ccccc1C#N)C(=O)Nc1cccc(Oc2ccccc2)c1. The topological polar surface area (TPSA) is 71.3 Å². The van der Waals surface area contributed by atoms with Crippen LogP contribution in [0.4, 0.5) is 5.69 Å². The number of benzene rings is 3. The van der Waals surface area contributed by atoms with Gasteiger partial charge in [0.2, 0.25) is 0 Å². The van der Waals surface area contributed by atoms with Crippen LogP contribution in [0.5, 0.6) is 17.2 Å². The summed E-state index contributed by atoms with van der Waals surface area (Å²) in [6.07, 6.45) is -0.766. The minimum Gasteiger partial charge on any atom is -0.480 e.